The highest BCUT2D eigenvalue weighted by molar-refractivity contribution is 5.86. The summed E-state index contributed by atoms with van der Waals surface area (Å²) in [6, 6.07) is 0. The van der Waals surface area contributed by atoms with Gasteiger partial charge < -0.3 is 9.84 Å². The Bertz CT molecular complexity index is 279. The van der Waals surface area contributed by atoms with Crippen molar-refractivity contribution in [2.24, 2.45) is 10.8 Å². The highest BCUT2D eigenvalue weighted by Crippen LogP contribution is 2.40. The maximum atomic E-state index is 11.9. The molecular formula is C12H22O4. The van der Waals surface area contributed by atoms with E-state index in [0.29, 0.717) is 0 Å². The molecule has 0 heterocycles. The van der Waals surface area contributed by atoms with Crippen molar-refractivity contribution in [3.05, 3.63) is 0 Å². The van der Waals surface area contributed by atoms with Crippen molar-refractivity contribution in [1.29, 1.82) is 0 Å². The van der Waals surface area contributed by atoms with E-state index >= 15 is 0 Å². The summed E-state index contributed by atoms with van der Waals surface area (Å²) in [5.74, 6) is -1.46. The molecule has 1 unspecified atom stereocenters. The molecular weight excluding hydrogens is 208 g/mol. The molecule has 0 aromatic heterocycles. The average molecular weight is 230 g/mol. The van der Waals surface area contributed by atoms with E-state index in [1.54, 1.807) is 20.8 Å². The van der Waals surface area contributed by atoms with Gasteiger partial charge in [0.25, 0.3) is 0 Å². The second kappa shape index (κ2) is 4.85. The van der Waals surface area contributed by atoms with Crippen LogP contribution in [0.5, 0.6) is 0 Å². The molecule has 0 aliphatic heterocycles. The summed E-state index contributed by atoms with van der Waals surface area (Å²) in [6.45, 7) is 9.98. The Morgan fingerprint density at radius 3 is 1.94 bits per heavy atom. The maximum Gasteiger partial charge on any atom is 0.312 e. The first-order valence-electron chi connectivity index (χ1n) is 5.51. The lowest BCUT2D eigenvalue weighted by molar-refractivity contribution is -0.175. The van der Waals surface area contributed by atoms with Crippen LogP contribution in [-0.4, -0.2) is 23.1 Å². The molecule has 0 rings (SSSR count). The molecule has 1 atom stereocenters. The van der Waals surface area contributed by atoms with Crippen molar-refractivity contribution in [3.8, 4) is 0 Å². The molecule has 0 saturated carbocycles. The molecule has 16 heavy (non-hydrogen) atoms. The van der Waals surface area contributed by atoms with E-state index < -0.39 is 22.8 Å². The molecule has 0 aromatic carbocycles. The van der Waals surface area contributed by atoms with Gasteiger partial charge in [0.05, 0.1) is 16.9 Å². The van der Waals surface area contributed by atoms with Gasteiger partial charge in [-0.25, -0.2) is 0 Å². The van der Waals surface area contributed by atoms with Crippen LogP contribution < -0.4 is 0 Å². The van der Waals surface area contributed by atoms with E-state index in [0.717, 1.165) is 6.42 Å². The Morgan fingerprint density at radius 2 is 1.62 bits per heavy atom. The average Bonchev–Trinajstić information content (AvgIpc) is 2.16. The topological polar surface area (TPSA) is 63.6 Å². The minimum Gasteiger partial charge on any atom is -0.481 e. The van der Waals surface area contributed by atoms with Crippen LogP contribution >= 0.6 is 0 Å². The lowest BCUT2D eigenvalue weighted by Gasteiger charge is -2.36. The van der Waals surface area contributed by atoms with Gasteiger partial charge in [0, 0.05) is 0 Å². The third-order valence-corrected chi connectivity index (χ3v) is 3.49. The minimum absolute atomic E-state index is 0.184. The lowest BCUT2D eigenvalue weighted by atomic mass is 9.68. The molecule has 0 aliphatic carbocycles. The molecule has 0 aliphatic rings. The monoisotopic (exact) mass is 230 g/mol. The molecule has 0 saturated heterocycles. The Labute approximate surface area is 97.0 Å². The summed E-state index contributed by atoms with van der Waals surface area (Å²) in [5, 5.41) is 9.11. The molecule has 4 heteroatoms. The van der Waals surface area contributed by atoms with E-state index in [1.807, 2.05) is 6.92 Å². The predicted octanol–water partition coefficient (Wildman–Crippen LogP) is 2.47. The maximum absolute atomic E-state index is 11.9. The summed E-state index contributed by atoms with van der Waals surface area (Å²) in [7, 11) is 0. The van der Waals surface area contributed by atoms with Crippen molar-refractivity contribution in [3.63, 3.8) is 0 Å². The summed E-state index contributed by atoms with van der Waals surface area (Å²) >= 11 is 0. The third-order valence-electron chi connectivity index (χ3n) is 3.49. The first-order chi connectivity index (χ1) is 7.07. The summed E-state index contributed by atoms with van der Waals surface area (Å²) in [5.41, 5.74) is -2.21. The van der Waals surface area contributed by atoms with Crippen LogP contribution in [-0.2, 0) is 14.3 Å². The van der Waals surface area contributed by atoms with Gasteiger partial charge in [0.1, 0.15) is 0 Å². The molecule has 0 radical (unpaired) electrons. The Kier molecular flexibility index (Phi) is 4.53. The fourth-order valence-electron chi connectivity index (χ4n) is 0.936. The SMILES string of the molecule is CCC(C)OC(=O)C(C)(C)C(C)(C)C(=O)O. The van der Waals surface area contributed by atoms with E-state index in [1.165, 1.54) is 13.8 Å². The number of hydrogen-bond donors (Lipinski definition) is 1. The number of carbonyl (C=O) groups is 2. The zero-order chi connectivity index (χ0) is 13.1. The number of rotatable bonds is 5. The number of carboxylic acids is 1. The number of ether oxygens (including phenoxy) is 1. The fraction of sp³-hybridized carbons (Fsp3) is 0.833. The summed E-state index contributed by atoms with van der Waals surface area (Å²) in [4.78, 5) is 23.0. The number of aliphatic carboxylic acids is 1. The standard InChI is InChI=1S/C12H22O4/c1-7-8(2)16-10(15)12(5,6)11(3,4)9(13)14/h8H,7H2,1-6H3,(H,13,14). The van der Waals surface area contributed by atoms with Gasteiger partial charge in [-0.1, -0.05) is 6.92 Å². The zero-order valence-electron chi connectivity index (χ0n) is 11.0. The van der Waals surface area contributed by atoms with Crippen LogP contribution in [0.15, 0.2) is 0 Å². The third kappa shape index (κ3) is 2.74. The van der Waals surface area contributed by atoms with Crippen molar-refractivity contribution >= 4 is 11.9 Å². The predicted molar refractivity (Wildman–Crippen MR) is 61.0 cm³/mol. The fourth-order valence-corrected chi connectivity index (χ4v) is 0.936. The van der Waals surface area contributed by atoms with Crippen LogP contribution in [0.25, 0.3) is 0 Å². The van der Waals surface area contributed by atoms with Crippen LogP contribution in [0.1, 0.15) is 48.0 Å². The van der Waals surface area contributed by atoms with Crippen LogP contribution in [0.2, 0.25) is 0 Å². The van der Waals surface area contributed by atoms with E-state index in [-0.39, 0.29) is 6.10 Å². The van der Waals surface area contributed by atoms with Gasteiger partial charge in [-0.15, -0.1) is 0 Å². The first-order valence-corrected chi connectivity index (χ1v) is 5.51. The van der Waals surface area contributed by atoms with E-state index in [9.17, 15) is 9.59 Å². The second-order valence-corrected chi connectivity index (χ2v) is 5.18. The molecule has 0 amide bonds. The van der Waals surface area contributed by atoms with E-state index in [4.69, 9.17) is 9.84 Å². The van der Waals surface area contributed by atoms with Gasteiger partial charge in [0.15, 0.2) is 0 Å². The van der Waals surface area contributed by atoms with Crippen LogP contribution in [0.4, 0.5) is 0 Å². The molecule has 0 spiro atoms. The summed E-state index contributed by atoms with van der Waals surface area (Å²) in [6.07, 6.45) is 0.534. The van der Waals surface area contributed by atoms with Crippen molar-refractivity contribution in [2.45, 2.75) is 54.1 Å². The molecule has 0 aromatic rings. The zero-order valence-corrected chi connectivity index (χ0v) is 11.0. The van der Waals surface area contributed by atoms with Crippen molar-refractivity contribution in [2.75, 3.05) is 0 Å². The van der Waals surface area contributed by atoms with Crippen LogP contribution in [0, 0.1) is 10.8 Å². The highest BCUT2D eigenvalue weighted by Gasteiger charge is 2.50. The van der Waals surface area contributed by atoms with Gasteiger partial charge in [-0.3, -0.25) is 9.59 Å². The first kappa shape index (κ1) is 14.9. The lowest BCUT2D eigenvalue weighted by Crippen LogP contribution is -2.46. The highest BCUT2D eigenvalue weighted by atomic mass is 16.5. The van der Waals surface area contributed by atoms with E-state index in [2.05, 4.69) is 0 Å². The molecule has 1 N–H and O–H groups in total. The Hall–Kier alpha value is -1.06. The number of hydrogen-bond acceptors (Lipinski definition) is 3. The Balaban J connectivity index is 4.92. The molecule has 0 fully saturated rings. The second-order valence-electron chi connectivity index (χ2n) is 5.18. The number of carbonyl (C=O) groups excluding carboxylic acids is 1. The molecule has 4 nitrogen and oxygen atoms in total. The minimum atomic E-state index is -1.16. The summed E-state index contributed by atoms with van der Waals surface area (Å²) < 4.78 is 5.20. The van der Waals surface area contributed by atoms with Crippen molar-refractivity contribution in [1.82, 2.24) is 0 Å². The smallest absolute Gasteiger partial charge is 0.312 e. The van der Waals surface area contributed by atoms with Gasteiger partial charge >= 0.3 is 11.9 Å². The normalized spacial score (nSPS) is 14.4. The molecule has 0 bridgehead atoms. The van der Waals surface area contributed by atoms with Crippen LogP contribution in [0.3, 0.4) is 0 Å². The number of carboxylic acid groups (broad SMARTS) is 1. The van der Waals surface area contributed by atoms with Gasteiger partial charge in [0.2, 0.25) is 0 Å². The van der Waals surface area contributed by atoms with Crippen molar-refractivity contribution < 1.29 is 19.4 Å². The van der Waals surface area contributed by atoms with Gasteiger partial charge in [-0.2, -0.15) is 0 Å². The Morgan fingerprint density at radius 1 is 1.19 bits per heavy atom. The molecule has 94 valence electrons. The quantitative estimate of drug-likeness (QED) is 0.737. The van der Waals surface area contributed by atoms with Gasteiger partial charge in [-0.05, 0) is 41.0 Å². The largest absolute Gasteiger partial charge is 0.481 e. The number of esters is 1.